The summed E-state index contributed by atoms with van der Waals surface area (Å²) in [6.45, 7) is 7.96. The Labute approximate surface area is 312 Å². The summed E-state index contributed by atoms with van der Waals surface area (Å²) in [5.41, 5.74) is 3.18. The van der Waals surface area contributed by atoms with Gasteiger partial charge >= 0.3 is 0 Å². The van der Waals surface area contributed by atoms with Gasteiger partial charge in [0.25, 0.3) is 0 Å². The molecule has 8 atom stereocenters. The third-order valence-corrected chi connectivity index (χ3v) is 10.1. The van der Waals surface area contributed by atoms with Gasteiger partial charge < -0.3 is 52.8 Å². The van der Waals surface area contributed by atoms with Gasteiger partial charge in [0.15, 0.2) is 46.0 Å². The first kappa shape index (κ1) is 39.4. The van der Waals surface area contributed by atoms with E-state index in [0.717, 1.165) is 11.1 Å². The minimum absolute atomic E-state index is 0.167. The minimum Gasteiger partial charge on any atom is -0.493 e. The van der Waals surface area contributed by atoms with Gasteiger partial charge in [0.2, 0.25) is 0 Å². The van der Waals surface area contributed by atoms with Crippen LogP contribution in [0.5, 0.6) is 46.0 Å². The molecule has 0 amide bonds. The number of aliphatic hydroxyl groups excluding tert-OH is 2. The molecule has 0 saturated carbocycles. The Morgan fingerprint density at radius 1 is 0.453 bits per heavy atom. The van der Waals surface area contributed by atoms with E-state index in [4.69, 9.17) is 42.6 Å². The number of methoxy groups -OCH3 is 6. The van der Waals surface area contributed by atoms with Gasteiger partial charge in [-0.3, -0.25) is 0 Å². The Bertz CT molecular complexity index is 1700. The van der Waals surface area contributed by atoms with Crippen LogP contribution in [0.1, 0.15) is 74.4 Å². The number of benzene rings is 4. The second-order valence-corrected chi connectivity index (χ2v) is 13.3. The van der Waals surface area contributed by atoms with Crippen molar-refractivity contribution < 1.29 is 52.8 Å². The van der Waals surface area contributed by atoms with E-state index in [1.807, 2.05) is 36.4 Å². The quantitative estimate of drug-likeness (QED) is 0.117. The average molecular weight is 733 g/mol. The molecule has 0 aliphatic carbocycles. The molecule has 53 heavy (non-hydrogen) atoms. The molecule has 11 heteroatoms. The average Bonchev–Trinajstić information content (AvgIpc) is 3.49. The molecule has 2 N–H and O–H groups in total. The predicted molar refractivity (Wildman–Crippen MR) is 200 cm³/mol. The second-order valence-electron chi connectivity index (χ2n) is 13.3. The Balaban J connectivity index is 1.29. The van der Waals surface area contributed by atoms with Gasteiger partial charge in [0.05, 0.1) is 54.9 Å². The molecular formula is C42H52O11. The zero-order chi connectivity index (χ0) is 38.4. The van der Waals surface area contributed by atoms with E-state index in [2.05, 4.69) is 13.8 Å². The fourth-order valence-corrected chi connectivity index (χ4v) is 6.78. The molecule has 0 unspecified atom stereocenters. The van der Waals surface area contributed by atoms with Crippen LogP contribution in [0, 0.1) is 11.8 Å². The van der Waals surface area contributed by atoms with Crippen molar-refractivity contribution in [3.8, 4) is 46.0 Å². The molecule has 4 aromatic rings. The number of ether oxygens (including phenoxy) is 9. The van der Waals surface area contributed by atoms with Crippen molar-refractivity contribution in [3.05, 3.63) is 95.1 Å². The van der Waals surface area contributed by atoms with Gasteiger partial charge in [0, 0.05) is 0 Å². The van der Waals surface area contributed by atoms with Crippen LogP contribution < -0.4 is 37.9 Å². The molecule has 286 valence electrons. The lowest BCUT2D eigenvalue weighted by molar-refractivity contribution is 0.0281. The lowest BCUT2D eigenvalue weighted by Crippen LogP contribution is -2.22. The minimum atomic E-state index is -0.932. The van der Waals surface area contributed by atoms with E-state index in [0.29, 0.717) is 57.1 Å². The summed E-state index contributed by atoms with van der Waals surface area (Å²) in [5.74, 6) is 4.62. The lowest BCUT2D eigenvalue weighted by Gasteiger charge is -2.24. The summed E-state index contributed by atoms with van der Waals surface area (Å²) >= 11 is 0. The van der Waals surface area contributed by atoms with Crippen molar-refractivity contribution in [1.29, 1.82) is 0 Å². The monoisotopic (exact) mass is 732 g/mol. The van der Waals surface area contributed by atoms with Crippen LogP contribution in [0.15, 0.2) is 72.8 Å². The smallest absolute Gasteiger partial charge is 0.161 e. The SMILES string of the molecule is COc1ccc([C@@H](O)[C@H](C)Oc2ccc([C@@H]3O[C@@H](c4ccc(O[C@@H](C)[C@@H](O)c5ccc(OC)c(OC)c5)c(OC)c4)[C@@H](C)[C@@H]3C)cc2OC)cc1OC. The zero-order valence-electron chi connectivity index (χ0n) is 32.1. The van der Waals surface area contributed by atoms with Crippen LogP contribution >= 0.6 is 0 Å². The second kappa shape index (κ2) is 17.3. The highest BCUT2D eigenvalue weighted by molar-refractivity contribution is 5.48. The molecule has 1 fully saturated rings. The normalized spacial score (nSPS) is 20.5. The van der Waals surface area contributed by atoms with Gasteiger partial charge in [-0.15, -0.1) is 0 Å². The van der Waals surface area contributed by atoms with Gasteiger partial charge in [-0.2, -0.15) is 0 Å². The fourth-order valence-electron chi connectivity index (χ4n) is 6.78. The number of hydrogen-bond acceptors (Lipinski definition) is 11. The Morgan fingerprint density at radius 2 is 0.774 bits per heavy atom. The Morgan fingerprint density at radius 3 is 1.11 bits per heavy atom. The zero-order valence-corrected chi connectivity index (χ0v) is 32.1. The van der Waals surface area contributed by atoms with Crippen molar-refractivity contribution in [2.24, 2.45) is 11.8 Å². The van der Waals surface area contributed by atoms with E-state index in [1.165, 1.54) is 0 Å². The molecule has 11 nitrogen and oxygen atoms in total. The maximum atomic E-state index is 11.1. The third-order valence-electron chi connectivity index (χ3n) is 10.1. The molecule has 0 aromatic heterocycles. The van der Waals surface area contributed by atoms with E-state index >= 15 is 0 Å². The largest absolute Gasteiger partial charge is 0.493 e. The van der Waals surface area contributed by atoms with Crippen molar-refractivity contribution in [2.45, 2.75) is 64.3 Å². The van der Waals surface area contributed by atoms with Gasteiger partial charge in [-0.05, 0) is 96.5 Å². The summed E-state index contributed by atoms with van der Waals surface area (Å²) < 4.78 is 52.2. The molecule has 1 heterocycles. The first-order chi connectivity index (χ1) is 25.5. The van der Waals surface area contributed by atoms with E-state index in [1.54, 1.807) is 92.9 Å². The van der Waals surface area contributed by atoms with Gasteiger partial charge in [0.1, 0.15) is 24.4 Å². The van der Waals surface area contributed by atoms with Crippen molar-refractivity contribution in [3.63, 3.8) is 0 Å². The predicted octanol–water partition coefficient (Wildman–Crippen LogP) is 7.82. The van der Waals surface area contributed by atoms with Crippen LogP contribution in [0.25, 0.3) is 0 Å². The molecule has 4 aromatic carbocycles. The van der Waals surface area contributed by atoms with Crippen LogP contribution in [0.3, 0.4) is 0 Å². The van der Waals surface area contributed by atoms with Crippen molar-refractivity contribution in [1.82, 2.24) is 0 Å². The first-order valence-electron chi connectivity index (χ1n) is 17.6. The molecule has 1 aliphatic heterocycles. The van der Waals surface area contributed by atoms with E-state index in [9.17, 15) is 10.2 Å². The third kappa shape index (κ3) is 8.38. The molecular weight excluding hydrogens is 680 g/mol. The first-order valence-corrected chi connectivity index (χ1v) is 17.6. The molecule has 0 radical (unpaired) electrons. The number of aliphatic hydroxyl groups is 2. The highest BCUT2D eigenvalue weighted by atomic mass is 16.5. The Hall–Kier alpha value is -4.84. The maximum absolute atomic E-state index is 11.1. The van der Waals surface area contributed by atoms with Crippen LogP contribution in [0.4, 0.5) is 0 Å². The fraction of sp³-hybridized carbons (Fsp3) is 0.429. The highest BCUT2D eigenvalue weighted by Gasteiger charge is 2.41. The summed E-state index contributed by atoms with van der Waals surface area (Å²) in [5, 5.41) is 22.2. The van der Waals surface area contributed by atoms with Crippen molar-refractivity contribution >= 4 is 0 Å². The molecule has 1 aliphatic rings. The standard InChI is InChI=1S/C42H52O11/c1-23-24(2)42(30-14-18-34(38(22-30)50-10)52-26(4)40(44)28-12-16-32(46-6)36(20-28)48-8)53-41(23)29-13-17-33(37(21-29)49-9)51-25(3)39(43)27-11-15-31(45-5)35(19-27)47-7/h11-26,39-44H,1-10H3/t23-,24-,25-,26-,39-,40+,41+,42+/m0/s1. The van der Waals surface area contributed by atoms with Crippen LogP contribution in [-0.4, -0.2) is 65.1 Å². The Kier molecular flexibility index (Phi) is 12.9. The molecule has 0 spiro atoms. The number of rotatable bonds is 16. The molecule has 1 saturated heterocycles. The lowest BCUT2D eigenvalue weighted by atomic mass is 9.85. The number of hydrogen-bond donors (Lipinski definition) is 2. The van der Waals surface area contributed by atoms with Crippen LogP contribution in [-0.2, 0) is 4.74 Å². The van der Waals surface area contributed by atoms with E-state index in [-0.39, 0.29) is 24.0 Å². The topological polar surface area (TPSA) is 124 Å². The summed E-state index contributed by atoms with van der Waals surface area (Å²) in [6.07, 6.45) is -3.49. The van der Waals surface area contributed by atoms with E-state index < -0.39 is 24.4 Å². The maximum Gasteiger partial charge on any atom is 0.161 e. The molecule has 5 rings (SSSR count). The van der Waals surface area contributed by atoms with Gasteiger partial charge in [-0.25, -0.2) is 0 Å². The van der Waals surface area contributed by atoms with Crippen LogP contribution in [0.2, 0.25) is 0 Å². The highest BCUT2D eigenvalue weighted by Crippen LogP contribution is 2.51. The summed E-state index contributed by atoms with van der Waals surface area (Å²) in [6, 6.07) is 22.1. The van der Waals surface area contributed by atoms with Crippen molar-refractivity contribution in [2.75, 3.05) is 42.7 Å². The molecule has 0 bridgehead atoms. The summed E-state index contributed by atoms with van der Waals surface area (Å²) in [7, 11) is 9.43. The van der Waals surface area contributed by atoms with Gasteiger partial charge in [-0.1, -0.05) is 38.1 Å². The summed E-state index contributed by atoms with van der Waals surface area (Å²) in [4.78, 5) is 0.